The standard InChI is InChI=1S/C32H56N2O10/c1-10-11-12-18(3)29(44-32(33)43)21(6)28(39)22(7)30(40)34(9)16-19(4)26(37)17(2)13-14-24(35)15-25(36)20(5)27(38)23(8)31(41)42/h10-14,17-29,35-39H,1,15-16H2,2-9H3,(H2,33,43)(H,41,42)/b12-11-,14-13-/t17?,18-,19?,20+,21-,22+,23+,24+,25-,26?,27-,28-,29-/m0/s1. The average Bonchev–Trinajstić information content (AvgIpc) is 2.97. The molecule has 8 N–H and O–H groups in total. The zero-order valence-electron chi connectivity index (χ0n) is 27.4. The van der Waals surface area contributed by atoms with Gasteiger partial charge in [-0.1, -0.05) is 78.5 Å². The molecule has 12 nitrogen and oxygen atoms in total. The number of hydrogen-bond donors (Lipinski definition) is 7. The lowest BCUT2D eigenvalue weighted by molar-refractivity contribution is -0.147. The zero-order valence-corrected chi connectivity index (χ0v) is 27.4. The van der Waals surface area contributed by atoms with Crippen molar-refractivity contribution in [3.05, 3.63) is 37.0 Å². The number of aliphatic hydroxyl groups excluding tert-OH is 5. The summed E-state index contributed by atoms with van der Waals surface area (Å²) in [6.45, 7) is 15.2. The van der Waals surface area contributed by atoms with Gasteiger partial charge in [0.2, 0.25) is 5.91 Å². The normalized spacial score (nSPS) is 21.1. The Balaban J connectivity index is 5.23. The molecular weight excluding hydrogens is 572 g/mol. The van der Waals surface area contributed by atoms with Gasteiger partial charge in [0.05, 0.1) is 42.4 Å². The highest BCUT2D eigenvalue weighted by molar-refractivity contribution is 5.78. The molecule has 0 aromatic rings. The highest BCUT2D eigenvalue weighted by Crippen LogP contribution is 2.27. The van der Waals surface area contributed by atoms with Gasteiger partial charge in [0.1, 0.15) is 6.10 Å². The van der Waals surface area contributed by atoms with Crippen molar-refractivity contribution in [3.8, 4) is 0 Å². The van der Waals surface area contributed by atoms with Crippen molar-refractivity contribution in [1.82, 2.24) is 4.90 Å². The second kappa shape index (κ2) is 19.6. The Morgan fingerprint density at radius 2 is 1.36 bits per heavy atom. The van der Waals surface area contributed by atoms with Crippen LogP contribution in [0.4, 0.5) is 4.79 Å². The van der Waals surface area contributed by atoms with Crippen LogP contribution in [0.5, 0.6) is 0 Å². The minimum Gasteiger partial charge on any atom is -0.481 e. The lowest BCUT2D eigenvalue weighted by Gasteiger charge is -2.35. The fourth-order valence-electron chi connectivity index (χ4n) is 5.27. The maximum Gasteiger partial charge on any atom is 0.404 e. The molecule has 44 heavy (non-hydrogen) atoms. The van der Waals surface area contributed by atoms with Crippen LogP contribution in [0.3, 0.4) is 0 Å². The monoisotopic (exact) mass is 628 g/mol. The van der Waals surface area contributed by atoms with Crippen LogP contribution in [-0.4, -0.2) is 104 Å². The summed E-state index contributed by atoms with van der Waals surface area (Å²) < 4.78 is 5.27. The Morgan fingerprint density at radius 3 is 1.86 bits per heavy atom. The Kier molecular flexibility index (Phi) is 18.3. The van der Waals surface area contributed by atoms with E-state index in [2.05, 4.69) is 6.58 Å². The lowest BCUT2D eigenvalue weighted by atomic mass is 9.83. The number of ether oxygens (including phenoxy) is 1. The van der Waals surface area contributed by atoms with Crippen LogP contribution in [-0.2, 0) is 14.3 Å². The highest BCUT2D eigenvalue weighted by atomic mass is 16.6. The van der Waals surface area contributed by atoms with Crippen LogP contribution >= 0.6 is 0 Å². The molecule has 12 heteroatoms. The molecule has 0 saturated carbocycles. The number of carboxylic acids is 1. The lowest BCUT2D eigenvalue weighted by Crippen LogP contribution is -2.47. The molecule has 0 aromatic carbocycles. The summed E-state index contributed by atoms with van der Waals surface area (Å²) in [5.41, 5.74) is 5.25. The smallest absolute Gasteiger partial charge is 0.404 e. The fourth-order valence-corrected chi connectivity index (χ4v) is 5.27. The van der Waals surface area contributed by atoms with Gasteiger partial charge in [0.15, 0.2) is 0 Å². The van der Waals surface area contributed by atoms with Gasteiger partial charge in [0, 0.05) is 49.6 Å². The molecule has 0 spiro atoms. The van der Waals surface area contributed by atoms with Crippen LogP contribution in [0, 0.1) is 41.4 Å². The summed E-state index contributed by atoms with van der Waals surface area (Å²) in [6.07, 6.45) is 0.509. The average molecular weight is 629 g/mol. The van der Waals surface area contributed by atoms with Gasteiger partial charge in [-0.15, -0.1) is 0 Å². The fraction of sp³-hybridized carbons (Fsp3) is 0.719. The molecule has 0 heterocycles. The number of aliphatic carboxylic acids is 1. The molecular formula is C32H56N2O10. The van der Waals surface area contributed by atoms with Gasteiger partial charge in [-0.3, -0.25) is 9.59 Å². The molecule has 0 fully saturated rings. The number of aliphatic hydroxyl groups is 5. The minimum absolute atomic E-state index is 0.135. The first-order valence-corrected chi connectivity index (χ1v) is 15.1. The van der Waals surface area contributed by atoms with Crippen molar-refractivity contribution in [2.75, 3.05) is 13.6 Å². The number of carbonyl (C=O) groups is 3. The summed E-state index contributed by atoms with van der Waals surface area (Å²) in [6, 6.07) is 0. The van der Waals surface area contributed by atoms with Crippen LogP contribution in [0.2, 0.25) is 0 Å². The SMILES string of the molecule is C=C/C=C\[C@H](C)[C@H](OC(N)=O)[C@@H](C)[C@H](O)[C@@H](C)C(=O)N(C)CC(C)C(O)C(C)/C=C\[C@@H](O)C[C@H](O)[C@@H](C)[C@H](O)[C@@H](C)C(=O)O. The van der Waals surface area contributed by atoms with E-state index in [1.165, 1.54) is 24.8 Å². The van der Waals surface area contributed by atoms with E-state index in [-0.39, 0.29) is 24.8 Å². The molecule has 254 valence electrons. The van der Waals surface area contributed by atoms with E-state index in [1.54, 1.807) is 66.0 Å². The first-order chi connectivity index (χ1) is 20.3. The number of primary amides is 1. The van der Waals surface area contributed by atoms with Crippen molar-refractivity contribution in [3.63, 3.8) is 0 Å². The molecule has 0 aliphatic rings. The number of amides is 2. The molecule has 0 radical (unpaired) electrons. The highest BCUT2D eigenvalue weighted by Gasteiger charge is 2.37. The predicted molar refractivity (Wildman–Crippen MR) is 167 cm³/mol. The maximum absolute atomic E-state index is 13.2. The van der Waals surface area contributed by atoms with Crippen molar-refractivity contribution < 1.29 is 49.8 Å². The number of nitrogens with zero attached hydrogens (tertiary/aromatic N) is 1. The van der Waals surface area contributed by atoms with Crippen LogP contribution in [0.15, 0.2) is 37.0 Å². The number of nitrogens with two attached hydrogens (primary N) is 1. The third kappa shape index (κ3) is 13.1. The van der Waals surface area contributed by atoms with Crippen molar-refractivity contribution in [1.29, 1.82) is 0 Å². The molecule has 0 rings (SSSR count). The van der Waals surface area contributed by atoms with Crippen LogP contribution < -0.4 is 5.73 Å². The van der Waals surface area contributed by atoms with Gasteiger partial charge in [-0.05, 0) is 6.92 Å². The summed E-state index contributed by atoms with van der Waals surface area (Å²) >= 11 is 0. The number of carboxylic acid groups (broad SMARTS) is 1. The maximum atomic E-state index is 13.2. The summed E-state index contributed by atoms with van der Waals surface area (Å²) in [4.78, 5) is 37.2. The molecule has 2 amide bonds. The van der Waals surface area contributed by atoms with Crippen LogP contribution in [0.25, 0.3) is 0 Å². The van der Waals surface area contributed by atoms with Crippen molar-refractivity contribution in [2.24, 2.45) is 47.2 Å². The van der Waals surface area contributed by atoms with Gasteiger partial charge >= 0.3 is 12.1 Å². The van der Waals surface area contributed by atoms with Gasteiger partial charge < -0.3 is 46.0 Å². The van der Waals surface area contributed by atoms with Crippen LogP contribution in [0.1, 0.15) is 54.9 Å². The van der Waals surface area contributed by atoms with Crippen molar-refractivity contribution in [2.45, 2.75) is 91.5 Å². The second-order valence-electron chi connectivity index (χ2n) is 12.3. The summed E-state index contributed by atoms with van der Waals surface area (Å²) in [7, 11) is 1.57. The first-order valence-electron chi connectivity index (χ1n) is 15.1. The summed E-state index contributed by atoms with van der Waals surface area (Å²) in [5, 5.41) is 61.9. The first kappa shape index (κ1) is 41.2. The topological polar surface area (TPSA) is 211 Å². The van der Waals surface area contributed by atoms with Gasteiger partial charge in [0.25, 0.3) is 0 Å². The third-order valence-corrected chi connectivity index (χ3v) is 8.51. The quantitative estimate of drug-likeness (QED) is 0.0769. The van der Waals surface area contributed by atoms with E-state index in [0.29, 0.717) is 0 Å². The van der Waals surface area contributed by atoms with E-state index in [0.717, 1.165) is 0 Å². The largest absolute Gasteiger partial charge is 0.481 e. The zero-order chi connectivity index (χ0) is 34.5. The molecule has 0 bridgehead atoms. The number of hydrogen-bond acceptors (Lipinski definition) is 9. The van der Waals surface area contributed by atoms with Gasteiger partial charge in [-0.25, -0.2) is 4.79 Å². The third-order valence-electron chi connectivity index (χ3n) is 8.51. The van der Waals surface area contributed by atoms with E-state index in [9.17, 15) is 39.9 Å². The Bertz CT molecular complexity index is 973. The second-order valence-corrected chi connectivity index (χ2v) is 12.3. The van der Waals surface area contributed by atoms with E-state index in [4.69, 9.17) is 15.6 Å². The Labute approximate surface area is 261 Å². The minimum atomic E-state index is -1.29. The number of allylic oxidation sites excluding steroid dienone is 2. The molecule has 0 aliphatic carbocycles. The molecule has 3 unspecified atom stereocenters. The molecule has 13 atom stereocenters. The Morgan fingerprint density at radius 1 is 0.818 bits per heavy atom. The van der Waals surface area contributed by atoms with Gasteiger partial charge in [-0.2, -0.15) is 0 Å². The van der Waals surface area contributed by atoms with E-state index in [1.807, 2.05) is 0 Å². The van der Waals surface area contributed by atoms with E-state index >= 15 is 0 Å². The Hall–Kier alpha value is -2.77. The molecule has 0 aromatic heterocycles. The predicted octanol–water partition coefficient (Wildman–Crippen LogP) is 1.94. The number of rotatable bonds is 20. The molecule has 0 aliphatic heterocycles. The van der Waals surface area contributed by atoms with E-state index < -0.39 is 84.2 Å². The number of carbonyl (C=O) groups excluding carboxylic acids is 2. The van der Waals surface area contributed by atoms with Crippen molar-refractivity contribution >= 4 is 18.0 Å². The molecule has 0 saturated heterocycles. The summed E-state index contributed by atoms with van der Waals surface area (Å²) in [5.74, 6) is -6.05.